The molecule has 2 rings (SSSR count). The van der Waals surface area contributed by atoms with Gasteiger partial charge in [0.2, 0.25) is 0 Å². The van der Waals surface area contributed by atoms with Gasteiger partial charge in [-0.25, -0.2) is 0 Å². The van der Waals surface area contributed by atoms with Crippen LogP contribution in [0.3, 0.4) is 0 Å². The van der Waals surface area contributed by atoms with Crippen LogP contribution in [0.25, 0.3) is 0 Å². The lowest BCUT2D eigenvalue weighted by Crippen LogP contribution is -2.11. The molecule has 0 radical (unpaired) electrons. The predicted octanol–water partition coefficient (Wildman–Crippen LogP) is 3.26. The number of halogens is 3. The number of nitro groups is 1. The van der Waals surface area contributed by atoms with E-state index in [4.69, 9.17) is 0 Å². The van der Waals surface area contributed by atoms with Crippen LogP contribution in [0.2, 0.25) is 0 Å². The fourth-order valence-electron chi connectivity index (χ4n) is 1.77. The van der Waals surface area contributed by atoms with Crippen molar-refractivity contribution in [2.45, 2.75) is 18.5 Å². The molecule has 1 saturated carbocycles. The van der Waals surface area contributed by atoms with Crippen LogP contribution in [0.5, 0.6) is 0 Å². The molecule has 16 heavy (non-hydrogen) atoms. The highest BCUT2D eigenvalue weighted by atomic mass is 19.4. The van der Waals surface area contributed by atoms with E-state index < -0.39 is 22.9 Å². The summed E-state index contributed by atoms with van der Waals surface area (Å²) in [6, 6.07) is 5.27. The highest BCUT2D eigenvalue weighted by Gasteiger charge is 2.56. The Bertz CT molecular complexity index is 413. The lowest BCUT2D eigenvalue weighted by molar-refractivity contribution is -0.384. The molecule has 0 heterocycles. The highest BCUT2D eigenvalue weighted by Crippen LogP contribution is 2.56. The maximum atomic E-state index is 12.3. The Hall–Kier alpha value is -1.59. The molecule has 6 heteroatoms. The van der Waals surface area contributed by atoms with Crippen molar-refractivity contribution in [3.05, 3.63) is 39.9 Å². The van der Waals surface area contributed by atoms with E-state index in [0.717, 1.165) is 0 Å². The number of rotatable bonds is 2. The topological polar surface area (TPSA) is 43.1 Å². The molecule has 0 spiro atoms. The minimum Gasteiger partial charge on any atom is -0.258 e. The summed E-state index contributed by atoms with van der Waals surface area (Å²) in [4.78, 5) is 9.78. The van der Waals surface area contributed by atoms with Gasteiger partial charge in [0.25, 0.3) is 5.69 Å². The first-order chi connectivity index (χ1) is 7.39. The predicted molar refractivity (Wildman–Crippen MR) is 50.0 cm³/mol. The summed E-state index contributed by atoms with van der Waals surface area (Å²) >= 11 is 0. The first-order valence-corrected chi connectivity index (χ1v) is 4.70. The zero-order valence-corrected chi connectivity index (χ0v) is 8.07. The number of nitro benzene ring substituents is 1. The molecule has 3 nitrogen and oxygen atoms in total. The molecule has 0 amide bonds. The van der Waals surface area contributed by atoms with Crippen LogP contribution in [0.1, 0.15) is 17.9 Å². The Labute approximate surface area is 89.0 Å². The normalized spacial score (nSPS) is 24.2. The van der Waals surface area contributed by atoms with E-state index in [2.05, 4.69) is 0 Å². The number of hydrogen-bond acceptors (Lipinski definition) is 2. The van der Waals surface area contributed by atoms with Gasteiger partial charge < -0.3 is 0 Å². The third kappa shape index (κ3) is 2.00. The maximum absolute atomic E-state index is 12.3. The molecule has 1 aliphatic carbocycles. The number of hydrogen-bond donors (Lipinski definition) is 0. The molecule has 0 saturated heterocycles. The molecule has 1 aromatic rings. The minimum absolute atomic E-state index is 0.0846. The molecule has 0 aromatic heterocycles. The molecule has 0 N–H and O–H groups in total. The van der Waals surface area contributed by atoms with Gasteiger partial charge in [0.15, 0.2) is 0 Å². The van der Waals surface area contributed by atoms with Gasteiger partial charge in [-0.15, -0.1) is 0 Å². The quantitative estimate of drug-likeness (QED) is 0.579. The molecular formula is C10H8F3NO2. The molecule has 2 atom stereocenters. The number of benzene rings is 1. The first-order valence-electron chi connectivity index (χ1n) is 4.70. The largest absolute Gasteiger partial charge is 0.392 e. The number of non-ortho nitro benzene ring substituents is 1. The lowest BCUT2D eigenvalue weighted by atomic mass is 10.1. The van der Waals surface area contributed by atoms with Gasteiger partial charge in [-0.1, -0.05) is 12.1 Å². The summed E-state index contributed by atoms with van der Waals surface area (Å²) in [6.07, 6.45) is -4.08. The second-order valence-electron chi connectivity index (χ2n) is 3.84. The summed E-state index contributed by atoms with van der Waals surface area (Å²) in [7, 11) is 0. The third-order valence-electron chi connectivity index (χ3n) is 2.74. The van der Waals surface area contributed by atoms with Crippen molar-refractivity contribution in [3.63, 3.8) is 0 Å². The van der Waals surface area contributed by atoms with E-state index in [1.807, 2.05) is 0 Å². The Kier molecular flexibility index (Phi) is 2.36. The SMILES string of the molecule is O=[N+]([O-])c1ccc(C2CC2C(F)(F)F)cc1. The van der Waals surface area contributed by atoms with Crippen LogP contribution in [0.4, 0.5) is 18.9 Å². The summed E-state index contributed by atoms with van der Waals surface area (Å²) in [6.45, 7) is 0. The second-order valence-corrected chi connectivity index (χ2v) is 3.84. The van der Waals surface area contributed by atoms with Crippen LogP contribution in [0.15, 0.2) is 24.3 Å². The van der Waals surface area contributed by atoms with Crippen LogP contribution in [-0.4, -0.2) is 11.1 Å². The van der Waals surface area contributed by atoms with Gasteiger partial charge in [0.1, 0.15) is 0 Å². The zero-order valence-electron chi connectivity index (χ0n) is 8.07. The fourth-order valence-corrected chi connectivity index (χ4v) is 1.77. The molecule has 1 aliphatic rings. The molecule has 86 valence electrons. The van der Waals surface area contributed by atoms with Gasteiger partial charge in [-0.05, 0) is 17.9 Å². The molecule has 1 fully saturated rings. The van der Waals surface area contributed by atoms with Crippen LogP contribution < -0.4 is 0 Å². The number of alkyl halides is 3. The monoisotopic (exact) mass is 231 g/mol. The van der Waals surface area contributed by atoms with Gasteiger partial charge in [0.05, 0.1) is 10.8 Å². The maximum Gasteiger partial charge on any atom is 0.392 e. The standard InChI is InChI=1S/C10H8F3NO2/c11-10(12,13)9-5-8(9)6-1-3-7(4-2-6)14(15)16/h1-4,8-9H,5H2. The molecule has 0 bridgehead atoms. The van der Waals surface area contributed by atoms with Gasteiger partial charge in [-0.2, -0.15) is 13.2 Å². The average Bonchev–Trinajstić information content (AvgIpc) is 2.96. The van der Waals surface area contributed by atoms with Crippen molar-refractivity contribution in [1.29, 1.82) is 0 Å². The fraction of sp³-hybridized carbons (Fsp3) is 0.400. The van der Waals surface area contributed by atoms with Crippen molar-refractivity contribution in [2.75, 3.05) is 0 Å². The van der Waals surface area contributed by atoms with Crippen LogP contribution in [-0.2, 0) is 0 Å². The smallest absolute Gasteiger partial charge is 0.258 e. The summed E-state index contributed by atoms with van der Waals surface area (Å²) in [5, 5.41) is 10.3. The lowest BCUT2D eigenvalue weighted by Gasteiger charge is -2.04. The van der Waals surface area contributed by atoms with E-state index in [0.29, 0.717) is 5.56 Å². The minimum atomic E-state index is -4.16. The molecule has 1 aromatic carbocycles. The van der Waals surface area contributed by atoms with E-state index in [1.54, 1.807) is 0 Å². The van der Waals surface area contributed by atoms with E-state index in [1.165, 1.54) is 24.3 Å². The van der Waals surface area contributed by atoms with Crippen molar-refractivity contribution in [3.8, 4) is 0 Å². The Morgan fingerprint density at radius 3 is 2.19 bits per heavy atom. The molecule has 2 unspecified atom stereocenters. The van der Waals surface area contributed by atoms with Crippen LogP contribution >= 0.6 is 0 Å². The van der Waals surface area contributed by atoms with E-state index >= 15 is 0 Å². The van der Waals surface area contributed by atoms with Gasteiger partial charge in [-0.3, -0.25) is 10.1 Å². The number of nitrogens with zero attached hydrogens (tertiary/aromatic N) is 1. The van der Waals surface area contributed by atoms with Gasteiger partial charge in [0, 0.05) is 12.1 Å². The summed E-state index contributed by atoms with van der Waals surface area (Å²) in [5.41, 5.74) is 0.417. The Morgan fingerprint density at radius 2 is 1.81 bits per heavy atom. The van der Waals surface area contributed by atoms with Crippen molar-refractivity contribution < 1.29 is 18.1 Å². The van der Waals surface area contributed by atoms with Crippen molar-refractivity contribution in [1.82, 2.24) is 0 Å². The van der Waals surface area contributed by atoms with Crippen molar-refractivity contribution >= 4 is 5.69 Å². The molecular weight excluding hydrogens is 223 g/mol. The Balaban J connectivity index is 2.11. The van der Waals surface area contributed by atoms with Crippen LogP contribution in [0, 0.1) is 16.0 Å². The van der Waals surface area contributed by atoms with E-state index in [9.17, 15) is 23.3 Å². The Morgan fingerprint density at radius 1 is 1.25 bits per heavy atom. The zero-order chi connectivity index (χ0) is 11.9. The first kappa shape index (κ1) is 10.9. The molecule has 0 aliphatic heterocycles. The third-order valence-corrected chi connectivity index (χ3v) is 2.74. The summed E-state index contributed by atoms with van der Waals surface area (Å²) < 4.78 is 36.8. The van der Waals surface area contributed by atoms with Crippen molar-refractivity contribution in [2.24, 2.45) is 5.92 Å². The van der Waals surface area contributed by atoms with E-state index in [-0.39, 0.29) is 12.1 Å². The average molecular weight is 231 g/mol. The van der Waals surface area contributed by atoms with Gasteiger partial charge >= 0.3 is 6.18 Å². The second kappa shape index (κ2) is 3.47. The highest BCUT2D eigenvalue weighted by molar-refractivity contribution is 5.36. The summed E-state index contributed by atoms with van der Waals surface area (Å²) in [5.74, 6) is -1.81.